The molecule has 9 heteroatoms. The summed E-state index contributed by atoms with van der Waals surface area (Å²) in [4.78, 5) is 32.6. The van der Waals surface area contributed by atoms with Crippen LogP contribution in [0.3, 0.4) is 0 Å². The summed E-state index contributed by atoms with van der Waals surface area (Å²) in [5.74, 6) is 1.18. The maximum absolute atomic E-state index is 13.3. The molecule has 5 rings (SSSR count). The van der Waals surface area contributed by atoms with Crippen molar-refractivity contribution in [3.63, 3.8) is 0 Å². The smallest absolute Gasteiger partial charge is 0.267 e. The summed E-state index contributed by atoms with van der Waals surface area (Å²) in [6, 6.07) is 16.6. The average molecular weight is 480 g/mol. The maximum Gasteiger partial charge on any atom is 0.267 e. The van der Waals surface area contributed by atoms with Gasteiger partial charge in [-0.3, -0.25) is 14.2 Å². The first-order chi connectivity index (χ1) is 16.1. The van der Waals surface area contributed by atoms with Crippen molar-refractivity contribution in [2.24, 2.45) is 0 Å². The second kappa shape index (κ2) is 9.29. The Bertz CT molecular complexity index is 1380. The average Bonchev–Trinajstić information content (AvgIpc) is 3.27. The molecular formula is C24H21N3O4S2. The van der Waals surface area contributed by atoms with Gasteiger partial charge in [-0.05, 0) is 36.8 Å². The largest absolute Gasteiger partial charge is 0.486 e. The fraction of sp³-hybridized carbons (Fsp3) is 0.208. The Labute approximate surface area is 198 Å². The molecule has 0 fully saturated rings. The third-order valence-electron chi connectivity index (χ3n) is 5.11. The van der Waals surface area contributed by atoms with E-state index in [1.165, 1.54) is 23.1 Å². The molecule has 2 aromatic carbocycles. The van der Waals surface area contributed by atoms with Gasteiger partial charge in [0.25, 0.3) is 5.56 Å². The highest BCUT2D eigenvalue weighted by molar-refractivity contribution is 7.99. The molecule has 3 heterocycles. The highest BCUT2D eigenvalue weighted by Gasteiger charge is 2.18. The van der Waals surface area contributed by atoms with E-state index in [0.717, 1.165) is 17.0 Å². The zero-order chi connectivity index (χ0) is 22.8. The summed E-state index contributed by atoms with van der Waals surface area (Å²) < 4.78 is 12.7. The van der Waals surface area contributed by atoms with Gasteiger partial charge >= 0.3 is 0 Å². The number of fused-ring (bicyclic) bond motifs is 2. The first-order valence-electron chi connectivity index (χ1n) is 10.6. The lowest BCUT2D eigenvalue weighted by Crippen LogP contribution is -2.22. The second-order valence-corrected chi connectivity index (χ2v) is 9.41. The molecule has 0 unspecified atom stereocenters. The number of amides is 1. The Kier molecular flexibility index (Phi) is 6.06. The Morgan fingerprint density at radius 1 is 1.12 bits per heavy atom. The van der Waals surface area contributed by atoms with Crippen LogP contribution in [0.2, 0.25) is 0 Å². The number of para-hydroxylation sites is 1. The monoisotopic (exact) mass is 479 g/mol. The molecule has 168 valence electrons. The van der Waals surface area contributed by atoms with Gasteiger partial charge in [-0.1, -0.05) is 36.9 Å². The number of hydrogen-bond donors (Lipinski definition) is 1. The van der Waals surface area contributed by atoms with E-state index in [0.29, 0.717) is 45.8 Å². The van der Waals surface area contributed by atoms with E-state index in [2.05, 4.69) is 12.2 Å². The zero-order valence-electron chi connectivity index (χ0n) is 17.9. The Balaban J connectivity index is 1.41. The molecular weight excluding hydrogens is 458 g/mol. The molecule has 7 nitrogen and oxygen atoms in total. The number of anilines is 1. The van der Waals surface area contributed by atoms with Gasteiger partial charge in [0.1, 0.15) is 18.0 Å². The minimum Gasteiger partial charge on any atom is -0.486 e. The van der Waals surface area contributed by atoms with E-state index in [1.807, 2.05) is 36.4 Å². The van der Waals surface area contributed by atoms with Crippen LogP contribution < -0.4 is 20.3 Å². The van der Waals surface area contributed by atoms with E-state index in [-0.39, 0.29) is 17.2 Å². The van der Waals surface area contributed by atoms with Crippen LogP contribution in [0, 0.1) is 0 Å². The number of thiophene rings is 1. The molecule has 0 saturated carbocycles. The molecule has 2 aromatic heterocycles. The molecule has 1 N–H and O–H groups in total. The minimum atomic E-state index is -0.203. The summed E-state index contributed by atoms with van der Waals surface area (Å²) in [5.41, 5.74) is 1.22. The van der Waals surface area contributed by atoms with Gasteiger partial charge < -0.3 is 14.8 Å². The van der Waals surface area contributed by atoms with Crippen molar-refractivity contribution >= 4 is 44.9 Å². The van der Waals surface area contributed by atoms with Gasteiger partial charge in [-0.25, -0.2) is 4.98 Å². The number of nitrogens with one attached hydrogen (secondary N) is 1. The van der Waals surface area contributed by atoms with E-state index in [4.69, 9.17) is 14.5 Å². The van der Waals surface area contributed by atoms with Gasteiger partial charge in [0, 0.05) is 16.6 Å². The van der Waals surface area contributed by atoms with Crippen molar-refractivity contribution in [2.45, 2.75) is 18.5 Å². The highest BCUT2D eigenvalue weighted by Crippen LogP contribution is 2.33. The van der Waals surface area contributed by atoms with E-state index in [1.54, 1.807) is 22.8 Å². The second-order valence-electron chi connectivity index (χ2n) is 7.35. The molecule has 0 bridgehead atoms. The normalized spacial score (nSPS) is 12.6. The van der Waals surface area contributed by atoms with Crippen molar-refractivity contribution in [3.8, 4) is 17.2 Å². The highest BCUT2D eigenvalue weighted by atomic mass is 32.2. The summed E-state index contributed by atoms with van der Waals surface area (Å²) in [7, 11) is 0. The van der Waals surface area contributed by atoms with E-state index < -0.39 is 0 Å². The molecule has 1 aliphatic heterocycles. The first kappa shape index (κ1) is 21.5. The first-order valence-corrected chi connectivity index (χ1v) is 12.4. The van der Waals surface area contributed by atoms with Gasteiger partial charge in [0.05, 0.1) is 16.8 Å². The van der Waals surface area contributed by atoms with Crippen molar-refractivity contribution in [3.05, 3.63) is 69.8 Å². The van der Waals surface area contributed by atoms with Crippen LogP contribution in [-0.4, -0.2) is 34.4 Å². The SMILES string of the molecule is CCc1cc2c(=O)n(-c3ccccc3)c(SCC(=O)Nc3ccc4c(c3)OCCO4)nc2s1. The van der Waals surface area contributed by atoms with Crippen LogP contribution in [0.1, 0.15) is 11.8 Å². The number of benzene rings is 2. The molecule has 33 heavy (non-hydrogen) atoms. The van der Waals surface area contributed by atoms with E-state index >= 15 is 0 Å². The number of rotatable bonds is 6. The van der Waals surface area contributed by atoms with Gasteiger partial charge in [0.15, 0.2) is 16.7 Å². The van der Waals surface area contributed by atoms with Crippen LogP contribution in [0.15, 0.2) is 64.5 Å². The summed E-state index contributed by atoms with van der Waals surface area (Å²) in [6.45, 7) is 3.05. The Morgan fingerprint density at radius 3 is 2.70 bits per heavy atom. The maximum atomic E-state index is 13.3. The fourth-order valence-corrected chi connectivity index (χ4v) is 5.36. The number of aryl methyl sites for hydroxylation is 1. The minimum absolute atomic E-state index is 0.102. The number of carbonyl (C=O) groups excluding carboxylic acids is 1. The lowest BCUT2D eigenvalue weighted by Gasteiger charge is -2.19. The van der Waals surface area contributed by atoms with Crippen LogP contribution in [0.5, 0.6) is 11.5 Å². The summed E-state index contributed by atoms with van der Waals surface area (Å²) >= 11 is 2.75. The number of aromatic nitrogens is 2. The van der Waals surface area contributed by atoms with Crippen molar-refractivity contribution in [1.29, 1.82) is 0 Å². The molecule has 1 aliphatic rings. The predicted molar refractivity (Wildman–Crippen MR) is 131 cm³/mol. The molecule has 1 amide bonds. The number of nitrogens with zero attached hydrogens (tertiary/aromatic N) is 2. The standard InChI is InChI=1S/C24H21N3O4S2/c1-2-17-13-18-22(33-17)26-24(27(23(18)29)16-6-4-3-5-7-16)32-14-21(28)25-15-8-9-19-20(12-15)31-11-10-30-19/h3-9,12-13H,2,10-11,14H2,1H3,(H,25,28). The Morgan fingerprint density at radius 2 is 1.91 bits per heavy atom. The van der Waals surface area contributed by atoms with Crippen molar-refractivity contribution in [2.75, 3.05) is 24.3 Å². The summed E-state index contributed by atoms with van der Waals surface area (Å²) in [6.07, 6.45) is 0.840. The topological polar surface area (TPSA) is 82.5 Å². The van der Waals surface area contributed by atoms with Gasteiger partial charge in [-0.2, -0.15) is 0 Å². The van der Waals surface area contributed by atoms with Crippen LogP contribution in [0.25, 0.3) is 15.9 Å². The predicted octanol–water partition coefficient (Wildman–Crippen LogP) is 4.51. The molecule has 4 aromatic rings. The lowest BCUT2D eigenvalue weighted by atomic mass is 10.2. The molecule has 0 saturated heterocycles. The number of thioether (sulfide) groups is 1. The number of carbonyl (C=O) groups is 1. The zero-order valence-corrected chi connectivity index (χ0v) is 19.5. The molecule has 0 aliphatic carbocycles. The quantitative estimate of drug-likeness (QED) is 0.324. The Hall–Kier alpha value is -3.30. The van der Waals surface area contributed by atoms with Crippen LogP contribution >= 0.6 is 23.1 Å². The fourth-order valence-electron chi connectivity index (χ4n) is 3.54. The third-order valence-corrected chi connectivity index (χ3v) is 7.22. The van der Waals surface area contributed by atoms with E-state index in [9.17, 15) is 9.59 Å². The molecule has 0 atom stereocenters. The van der Waals surface area contributed by atoms with Crippen LogP contribution in [0.4, 0.5) is 5.69 Å². The number of hydrogen-bond acceptors (Lipinski definition) is 7. The van der Waals surface area contributed by atoms with Gasteiger partial charge in [-0.15, -0.1) is 11.3 Å². The molecule has 0 radical (unpaired) electrons. The lowest BCUT2D eigenvalue weighted by molar-refractivity contribution is -0.113. The number of ether oxygens (including phenoxy) is 2. The van der Waals surface area contributed by atoms with Crippen molar-refractivity contribution < 1.29 is 14.3 Å². The molecule has 0 spiro atoms. The van der Waals surface area contributed by atoms with Gasteiger partial charge in [0.2, 0.25) is 5.91 Å². The summed E-state index contributed by atoms with van der Waals surface area (Å²) in [5, 5.41) is 3.97. The van der Waals surface area contributed by atoms with Crippen LogP contribution in [-0.2, 0) is 11.2 Å². The van der Waals surface area contributed by atoms with Crippen molar-refractivity contribution in [1.82, 2.24) is 9.55 Å². The third kappa shape index (κ3) is 4.46.